The topological polar surface area (TPSA) is 54.6 Å². The summed E-state index contributed by atoms with van der Waals surface area (Å²) in [6, 6.07) is 4.05. The molecule has 1 heterocycles. The number of hydrogen-bond donors (Lipinski definition) is 2. The van der Waals surface area contributed by atoms with Crippen LogP contribution in [0.5, 0.6) is 0 Å². The summed E-state index contributed by atoms with van der Waals surface area (Å²) in [6.45, 7) is 3.34. The lowest BCUT2D eigenvalue weighted by atomic mass is 9.89. The molecule has 2 rings (SSSR count). The van der Waals surface area contributed by atoms with Gasteiger partial charge in [-0.2, -0.15) is 0 Å². The Bertz CT molecular complexity index is 293. The fourth-order valence-electron chi connectivity index (χ4n) is 1.96. The van der Waals surface area contributed by atoms with Crippen LogP contribution in [0, 0.1) is 0 Å². The molecular formula is C12H19NO3. The maximum absolute atomic E-state index is 9.76. The second-order valence-electron chi connectivity index (χ2n) is 4.19. The van der Waals surface area contributed by atoms with Crippen molar-refractivity contribution in [3.63, 3.8) is 0 Å². The van der Waals surface area contributed by atoms with Crippen molar-refractivity contribution in [3.8, 4) is 0 Å². The molecule has 16 heavy (non-hydrogen) atoms. The van der Waals surface area contributed by atoms with Crippen LogP contribution in [0.2, 0.25) is 0 Å². The van der Waals surface area contributed by atoms with Crippen molar-refractivity contribution in [2.24, 2.45) is 0 Å². The van der Waals surface area contributed by atoms with Crippen molar-refractivity contribution in [1.29, 1.82) is 0 Å². The maximum atomic E-state index is 9.76. The van der Waals surface area contributed by atoms with Crippen LogP contribution in [0.4, 0.5) is 0 Å². The lowest BCUT2D eigenvalue weighted by molar-refractivity contribution is -0.0128. The molecule has 1 aromatic rings. The Morgan fingerprint density at radius 2 is 2.44 bits per heavy atom. The minimum absolute atomic E-state index is 0.406. The Hall–Kier alpha value is -0.840. The van der Waals surface area contributed by atoms with Gasteiger partial charge < -0.3 is 19.6 Å². The summed E-state index contributed by atoms with van der Waals surface area (Å²) in [5.41, 5.74) is 0. The predicted molar refractivity (Wildman–Crippen MR) is 60.1 cm³/mol. The molecule has 90 valence electrons. The zero-order valence-corrected chi connectivity index (χ0v) is 9.56. The highest BCUT2D eigenvalue weighted by atomic mass is 16.5. The highest BCUT2D eigenvalue weighted by Gasteiger charge is 2.29. The number of aliphatic hydroxyl groups is 1. The van der Waals surface area contributed by atoms with Crippen LogP contribution in [0.25, 0.3) is 0 Å². The van der Waals surface area contributed by atoms with Crippen LogP contribution in [0.1, 0.15) is 31.6 Å². The molecule has 0 amide bonds. The molecule has 0 bridgehead atoms. The first-order valence-electron chi connectivity index (χ1n) is 5.86. The summed E-state index contributed by atoms with van der Waals surface area (Å²) in [5.74, 6) is 0.619. The van der Waals surface area contributed by atoms with Crippen LogP contribution < -0.4 is 5.32 Å². The van der Waals surface area contributed by atoms with Crippen molar-refractivity contribution in [2.45, 2.75) is 38.0 Å². The molecule has 0 aliphatic heterocycles. The van der Waals surface area contributed by atoms with E-state index in [2.05, 4.69) is 5.32 Å². The van der Waals surface area contributed by atoms with E-state index in [1.165, 1.54) is 0 Å². The molecule has 1 aromatic heterocycles. The average molecular weight is 225 g/mol. The predicted octanol–water partition coefficient (Wildman–Crippen LogP) is 1.47. The molecule has 1 aliphatic rings. The minimum Gasteiger partial charge on any atom is -0.467 e. The Morgan fingerprint density at radius 3 is 3.06 bits per heavy atom. The van der Waals surface area contributed by atoms with Crippen LogP contribution in [0.3, 0.4) is 0 Å². The molecule has 2 N–H and O–H groups in total. The third-order valence-corrected chi connectivity index (χ3v) is 2.97. The summed E-state index contributed by atoms with van der Waals surface area (Å²) in [6.07, 6.45) is 3.51. The van der Waals surface area contributed by atoms with Crippen LogP contribution in [-0.4, -0.2) is 30.4 Å². The SMILES string of the molecule is CCOC1CC(NCC(O)c2ccco2)C1. The normalized spacial score (nSPS) is 26.4. The van der Waals surface area contributed by atoms with E-state index >= 15 is 0 Å². The minimum atomic E-state index is -0.554. The summed E-state index contributed by atoms with van der Waals surface area (Å²) in [5, 5.41) is 13.1. The third kappa shape index (κ3) is 2.84. The van der Waals surface area contributed by atoms with Gasteiger partial charge in [0, 0.05) is 19.2 Å². The van der Waals surface area contributed by atoms with Gasteiger partial charge >= 0.3 is 0 Å². The van der Waals surface area contributed by atoms with Crippen LogP contribution in [0.15, 0.2) is 22.8 Å². The zero-order valence-electron chi connectivity index (χ0n) is 9.56. The summed E-state index contributed by atoms with van der Waals surface area (Å²) in [4.78, 5) is 0. The van der Waals surface area contributed by atoms with E-state index in [9.17, 15) is 5.11 Å². The summed E-state index contributed by atoms with van der Waals surface area (Å²) < 4.78 is 10.6. The quantitative estimate of drug-likeness (QED) is 0.769. The van der Waals surface area contributed by atoms with E-state index in [1.54, 1.807) is 18.4 Å². The number of ether oxygens (including phenoxy) is 1. The lowest BCUT2D eigenvalue weighted by Crippen LogP contribution is -2.46. The van der Waals surface area contributed by atoms with Crippen molar-refractivity contribution >= 4 is 0 Å². The second kappa shape index (κ2) is 5.48. The van der Waals surface area contributed by atoms with Crippen LogP contribution >= 0.6 is 0 Å². The van der Waals surface area contributed by atoms with E-state index in [0.717, 1.165) is 19.4 Å². The number of hydrogen-bond acceptors (Lipinski definition) is 4. The van der Waals surface area contributed by atoms with Gasteiger partial charge in [-0.25, -0.2) is 0 Å². The van der Waals surface area contributed by atoms with Gasteiger partial charge in [-0.05, 0) is 31.9 Å². The van der Waals surface area contributed by atoms with Gasteiger partial charge in [-0.1, -0.05) is 0 Å². The molecule has 0 saturated heterocycles. The fourth-order valence-corrected chi connectivity index (χ4v) is 1.96. The van der Waals surface area contributed by atoms with Crippen molar-refractivity contribution in [1.82, 2.24) is 5.32 Å². The molecule has 1 aliphatic carbocycles. The third-order valence-electron chi connectivity index (χ3n) is 2.97. The van der Waals surface area contributed by atoms with E-state index in [4.69, 9.17) is 9.15 Å². The van der Waals surface area contributed by atoms with Gasteiger partial charge in [0.1, 0.15) is 11.9 Å². The first-order valence-corrected chi connectivity index (χ1v) is 5.86. The molecule has 1 atom stereocenters. The standard InChI is InChI=1S/C12H19NO3/c1-2-15-10-6-9(7-10)13-8-11(14)12-4-3-5-16-12/h3-5,9-11,13-14H,2,6-8H2,1H3. The molecular weight excluding hydrogens is 206 g/mol. The maximum Gasteiger partial charge on any atom is 0.133 e. The molecule has 1 unspecified atom stereocenters. The van der Waals surface area contributed by atoms with E-state index in [-0.39, 0.29) is 0 Å². The van der Waals surface area contributed by atoms with E-state index in [1.807, 2.05) is 6.92 Å². The first-order chi connectivity index (χ1) is 7.79. The molecule has 1 fully saturated rings. The van der Waals surface area contributed by atoms with Gasteiger partial charge in [0.25, 0.3) is 0 Å². The monoisotopic (exact) mass is 225 g/mol. The summed E-state index contributed by atoms with van der Waals surface area (Å²) in [7, 11) is 0. The van der Waals surface area contributed by atoms with Gasteiger partial charge in [0.2, 0.25) is 0 Å². The van der Waals surface area contributed by atoms with E-state index in [0.29, 0.717) is 24.5 Å². The summed E-state index contributed by atoms with van der Waals surface area (Å²) >= 11 is 0. The van der Waals surface area contributed by atoms with Crippen LogP contribution in [-0.2, 0) is 4.74 Å². The Morgan fingerprint density at radius 1 is 1.62 bits per heavy atom. The number of aliphatic hydroxyl groups excluding tert-OH is 1. The number of nitrogens with one attached hydrogen (secondary N) is 1. The zero-order chi connectivity index (χ0) is 11.4. The van der Waals surface area contributed by atoms with Crippen molar-refractivity contribution < 1.29 is 14.3 Å². The van der Waals surface area contributed by atoms with Gasteiger partial charge in [-0.15, -0.1) is 0 Å². The lowest BCUT2D eigenvalue weighted by Gasteiger charge is -2.35. The Kier molecular flexibility index (Phi) is 3.98. The van der Waals surface area contributed by atoms with Gasteiger partial charge in [0.05, 0.1) is 12.4 Å². The Labute approximate surface area is 95.6 Å². The largest absolute Gasteiger partial charge is 0.467 e. The fraction of sp³-hybridized carbons (Fsp3) is 0.667. The molecule has 1 saturated carbocycles. The van der Waals surface area contributed by atoms with Crippen molar-refractivity contribution in [2.75, 3.05) is 13.2 Å². The number of rotatable bonds is 6. The second-order valence-corrected chi connectivity index (χ2v) is 4.19. The van der Waals surface area contributed by atoms with E-state index < -0.39 is 6.10 Å². The Balaban J connectivity index is 1.62. The number of furan rings is 1. The molecule has 0 aromatic carbocycles. The van der Waals surface area contributed by atoms with Crippen molar-refractivity contribution in [3.05, 3.63) is 24.2 Å². The first kappa shape index (κ1) is 11.6. The molecule has 0 radical (unpaired) electrons. The average Bonchev–Trinajstić information content (AvgIpc) is 2.74. The van der Waals surface area contributed by atoms with Gasteiger partial charge in [-0.3, -0.25) is 0 Å². The smallest absolute Gasteiger partial charge is 0.133 e. The molecule has 0 spiro atoms. The molecule has 4 heteroatoms. The van der Waals surface area contributed by atoms with Gasteiger partial charge in [0.15, 0.2) is 0 Å². The highest BCUT2D eigenvalue weighted by Crippen LogP contribution is 2.23. The molecule has 4 nitrogen and oxygen atoms in total. The highest BCUT2D eigenvalue weighted by molar-refractivity contribution is 5.02.